The van der Waals surface area contributed by atoms with Crippen molar-refractivity contribution < 1.29 is 19.0 Å². The Morgan fingerprint density at radius 3 is 2.74 bits per heavy atom. The molecule has 0 amide bonds. The van der Waals surface area contributed by atoms with E-state index in [4.69, 9.17) is 4.74 Å². The van der Waals surface area contributed by atoms with Crippen LogP contribution < -0.4 is 9.22 Å². The predicted molar refractivity (Wildman–Crippen MR) is 133 cm³/mol. The Morgan fingerprint density at radius 1 is 1.24 bits per heavy atom. The van der Waals surface area contributed by atoms with Crippen LogP contribution in [-0.4, -0.2) is 48.0 Å². The van der Waals surface area contributed by atoms with Crippen molar-refractivity contribution in [2.24, 2.45) is 5.92 Å². The van der Waals surface area contributed by atoms with Crippen LogP contribution in [0.4, 0.5) is 4.39 Å². The van der Waals surface area contributed by atoms with Crippen LogP contribution in [0.25, 0.3) is 16.6 Å². The maximum absolute atomic E-state index is 13.4. The zero-order valence-electron chi connectivity index (χ0n) is 18.1. The monoisotopic (exact) mass is 585 g/mol. The molecule has 0 saturated heterocycles. The second-order valence-electron chi connectivity index (χ2n) is 8.37. The molecule has 6 nitrogen and oxygen atoms in total. The molecule has 1 unspecified atom stereocenters. The van der Waals surface area contributed by atoms with Crippen molar-refractivity contribution in [2.75, 3.05) is 6.61 Å². The number of aromatic nitrogens is 3. The summed E-state index contributed by atoms with van der Waals surface area (Å²) in [4.78, 5) is 16.8. The van der Waals surface area contributed by atoms with Crippen molar-refractivity contribution in [1.82, 2.24) is 14.6 Å². The van der Waals surface area contributed by atoms with Gasteiger partial charge in [-0.15, -0.1) is 0 Å². The number of hydrogen-bond donors (Lipinski definition) is 1. The minimum atomic E-state index is -1.20. The van der Waals surface area contributed by atoms with Gasteiger partial charge < -0.3 is 0 Å². The zero-order chi connectivity index (χ0) is 23.7. The fourth-order valence-electron chi connectivity index (χ4n) is 3.80. The summed E-state index contributed by atoms with van der Waals surface area (Å²) < 4.78 is 22.1. The van der Waals surface area contributed by atoms with Gasteiger partial charge in [-0.05, 0) is 0 Å². The van der Waals surface area contributed by atoms with Gasteiger partial charge in [0.2, 0.25) is 0 Å². The summed E-state index contributed by atoms with van der Waals surface area (Å²) in [6.45, 7) is 0.681. The number of carbonyl (C=O) groups is 1. The van der Waals surface area contributed by atoms with Crippen LogP contribution in [0.3, 0.4) is 0 Å². The van der Waals surface area contributed by atoms with E-state index in [1.54, 1.807) is 16.6 Å². The fraction of sp³-hybridized carbons (Fsp3) is 0.240. The topological polar surface area (TPSA) is 76.7 Å². The van der Waals surface area contributed by atoms with Gasteiger partial charge in [-0.2, -0.15) is 0 Å². The summed E-state index contributed by atoms with van der Waals surface area (Å²) in [5, 5.41) is 14.4. The van der Waals surface area contributed by atoms with Crippen LogP contribution in [-0.2, 0) is 11.2 Å². The maximum atomic E-state index is 13.4. The van der Waals surface area contributed by atoms with Crippen LogP contribution in [0.2, 0.25) is 4.71 Å². The molecule has 1 saturated carbocycles. The Hall–Kier alpha value is -2.70. The first-order chi connectivity index (χ1) is 16.5. The van der Waals surface area contributed by atoms with Crippen molar-refractivity contribution in [2.45, 2.75) is 24.0 Å². The molecule has 174 valence electrons. The molecule has 2 atom stereocenters. The number of para-hydroxylation sites is 1. The first kappa shape index (κ1) is 23.1. The van der Waals surface area contributed by atoms with Gasteiger partial charge in [0.25, 0.3) is 0 Å². The van der Waals surface area contributed by atoms with E-state index in [9.17, 15) is 14.3 Å². The van der Waals surface area contributed by atoms with Crippen molar-refractivity contribution in [3.63, 3.8) is 0 Å². The quantitative estimate of drug-likeness (QED) is 0.297. The van der Waals surface area contributed by atoms with Gasteiger partial charge in [0.1, 0.15) is 0 Å². The molecular weight excluding hydrogens is 564 g/mol. The average molecular weight is 586 g/mol. The third kappa shape index (κ3) is 5.03. The van der Waals surface area contributed by atoms with Crippen molar-refractivity contribution in [3.8, 4) is 16.9 Å². The van der Waals surface area contributed by atoms with Crippen molar-refractivity contribution in [3.05, 3.63) is 76.9 Å². The molecule has 4 aromatic rings. The summed E-state index contributed by atoms with van der Waals surface area (Å²) in [5.74, 6) is 0.243. The molecule has 1 aliphatic carbocycles. The van der Waals surface area contributed by atoms with Gasteiger partial charge in [-0.3, -0.25) is 0 Å². The van der Waals surface area contributed by atoms with E-state index in [1.807, 2.05) is 30.5 Å². The van der Waals surface area contributed by atoms with Gasteiger partial charge in [-0.1, -0.05) is 0 Å². The molecule has 0 bridgehead atoms. The van der Waals surface area contributed by atoms with Gasteiger partial charge in [0.05, 0.1) is 0 Å². The van der Waals surface area contributed by atoms with Crippen LogP contribution in [0.5, 0.6) is 5.75 Å². The van der Waals surface area contributed by atoms with Gasteiger partial charge >= 0.3 is 212 Å². The molecule has 1 N–H and O–H groups in total. The van der Waals surface area contributed by atoms with Gasteiger partial charge in [-0.25, -0.2) is 0 Å². The SMILES string of the molecule is O=C(O)[C@H](Cc1ccccc1OCC1CC1)[AsH]c1ncnn2cc(-c3ccc(F)cc3)c(Br)c12. The van der Waals surface area contributed by atoms with E-state index in [0.29, 0.717) is 18.9 Å². The molecule has 1 aliphatic rings. The number of aliphatic carboxylic acids is 1. The second-order valence-corrected chi connectivity index (χ2v) is 12.2. The van der Waals surface area contributed by atoms with E-state index in [-0.39, 0.29) is 5.82 Å². The van der Waals surface area contributed by atoms with Gasteiger partial charge in [0, 0.05) is 0 Å². The van der Waals surface area contributed by atoms with Crippen molar-refractivity contribution in [1.29, 1.82) is 0 Å². The minimum absolute atomic E-state index is 0.304. The third-order valence-corrected chi connectivity index (χ3v) is 9.67. The zero-order valence-corrected chi connectivity index (χ0v) is 21.8. The molecule has 0 radical (unpaired) electrons. The summed E-state index contributed by atoms with van der Waals surface area (Å²) in [5.41, 5.74) is 3.34. The number of hydrogen-bond acceptors (Lipinski definition) is 4. The average Bonchev–Trinajstić information content (AvgIpc) is 3.60. The van der Waals surface area contributed by atoms with E-state index in [1.165, 1.54) is 31.3 Å². The number of carboxylic acids is 1. The normalized spacial score (nSPS) is 14.6. The van der Waals surface area contributed by atoms with Crippen LogP contribution >= 0.6 is 15.9 Å². The molecule has 34 heavy (non-hydrogen) atoms. The van der Waals surface area contributed by atoms with Crippen LogP contribution in [0.15, 0.2) is 65.5 Å². The first-order valence-electron chi connectivity index (χ1n) is 11.0. The van der Waals surface area contributed by atoms with Crippen molar-refractivity contribution >= 4 is 47.6 Å². The number of nitrogens with zero attached hydrogens (tertiary/aromatic N) is 3. The first-order valence-corrected chi connectivity index (χ1v) is 14.0. The predicted octanol–water partition coefficient (Wildman–Crippen LogP) is 4.26. The Balaban J connectivity index is 1.44. The third-order valence-electron chi connectivity index (χ3n) is 5.84. The number of halogens is 2. The second kappa shape index (κ2) is 9.88. The number of fused-ring (bicyclic) bond motifs is 1. The Kier molecular flexibility index (Phi) is 6.70. The summed E-state index contributed by atoms with van der Waals surface area (Å²) in [6, 6.07) is 13.9. The van der Waals surface area contributed by atoms with Crippen LogP contribution in [0.1, 0.15) is 18.4 Å². The molecule has 9 heteroatoms. The molecule has 2 aromatic heterocycles. The standard InChI is InChI=1S/C25H22AsBrFN3O3/c27-22-19(16-7-9-18(28)10-8-16)12-31-23(22)24(29-14-30-31)26-20(25(32)33)11-17-3-1-2-4-21(17)34-13-15-5-6-15/h1-4,7-10,12,14-15,20,26H,5-6,11,13H2,(H,32,33)/t20-/m0/s1. The molecule has 1 fully saturated rings. The van der Waals surface area contributed by atoms with Gasteiger partial charge in [0.15, 0.2) is 0 Å². The molecule has 5 rings (SSSR count). The van der Waals surface area contributed by atoms with E-state index < -0.39 is 26.4 Å². The Morgan fingerprint density at radius 2 is 2.00 bits per heavy atom. The summed E-state index contributed by atoms with van der Waals surface area (Å²) in [6.07, 6.45) is 6.08. The molecular formula is C25H22AsBrFN3O3. The Labute approximate surface area is 211 Å². The molecule has 0 spiro atoms. The molecule has 2 heterocycles. The van der Waals surface area contributed by atoms with E-state index in [0.717, 1.165) is 36.9 Å². The number of ether oxygens (including phenoxy) is 1. The number of benzene rings is 2. The summed E-state index contributed by atoms with van der Waals surface area (Å²) >= 11 is 2.46. The fourth-order valence-corrected chi connectivity index (χ4v) is 7.58. The number of carboxylic acid groups (broad SMARTS) is 1. The Bertz CT molecular complexity index is 1340. The van der Waals surface area contributed by atoms with Crippen LogP contribution in [0, 0.1) is 11.7 Å². The number of rotatable bonds is 9. The van der Waals surface area contributed by atoms with E-state index >= 15 is 0 Å². The molecule has 2 aromatic carbocycles. The van der Waals surface area contributed by atoms with E-state index in [2.05, 4.69) is 26.0 Å². The summed E-state index contributed by atoms with van der Waals surface area (Å²) in [7, 11) is 0. The molecule has 0 aliphatic heterocycles.